The van der Waals surface area contributed by atoms with E-state index in [-0.39, 0.29) is 12.1 Å². The maximum Gasteiger partial charge on any atom is 0.244 e. The SMILES string of the molecule is CCC1(C)NC(c2cccc(Cl)c2)N(CC2CCC2)C1=O. The number of nitrogens with zero attached hydrogens (tertiary/aromatic N) is 1. The van der Waals surface area contributed by atoms with E-state index in [1.165, 1.54) is 19.3 Å². The second-order valence-corrected chi connectivity index (χ2v) is 6.98. The molecule has 1 aliphatic carbocycles. The quantitative estimate of drug-likeness (QED) is 0.919. The summed E-state index contributed by atoms with van der Waals surface area (Å²) in [5, 5.41) is 4.25. The van der Waals surface area contributed by atoms with Gasteiger partial charge in [-0.2, -0.15) is 0 Å². The molecule has 114 valence electrons. The summed E-state index contributed by atoms with van der Waals surface area (Å²) in [6.45, 7) is 4.93. The minimum absolute atomic E-state index is 0.0539. The molecule has 1 saturated heterocycles. The first kappa shape index (κ1) is 14.9. The van der Waals surface area contributed by atoms with Crippen LogP contribution in [0.5, 0.6) is 0 Å². The second kappa shape index (κ2) is 5.62. The van der Waals surface area contributed by atoms with Crippen molar-refractivity contribution >= 4 is 17.5 Å². The topological polar surface area (TPSA) is 32.3 Å². The van der Waals surface area contributed by atoms with E-state index >= 15 is 0 Å². The fourth-order valence-corrected chi connectivity index (χ4v) is 3.41. The number of amides is 1. The summed E-state index contributed by atoms with van der Waals surface area (Å²) in [5.74, 6) is 0.888. The van der Waals surface area contributed by atoms with Crippen LogP contribution in [0, 0.1) is 5.92 Å². The van der Waals surface area contributed by atoms with E-state index in [0.717, 1.165) is 23.6 Å². The molecule has 1 aromatic carbocycles. The zero-order valence-corrected chi connectivity index (χ0v) is 13.5. The highest BCUT2D eigenvalue weighted by molar-refractivity contribution is 6.30. The Morgan fingerprint density at radius 1 is 1.43 bits per heavy atom. The summed E-state index contributed by atoms with van der Waals surface area (Å²) in [4.78, 5) is 14.9. The molecule has 4 heteroatoms. The summed E-state index contributed by atoms with van der Waals surface area (Å²) in [5.41, 5.74) is 0.615. The third kappa shape index (κ3) is 2.69. The number of carbonyl (C=O) groups excluding carboxylic acids is 1. The highest BCUT2D eigenvalue weighted by Gasteiger charge is 2.47. The molecule has 2 atom stereocenters. The van der Waals surface area contributed by atoms with Crippen molar-refractivity contribution in [1.82, 2.24) is 10.2 Å². The van der Waals surface area contributed by atoms with Gasteiger partial charge < -0.3 is 4.90 Å². The molecule has 2 unspecified atom stereocenters. The Balaban J connectivity index is 1.89. The molecule has 3 rings (SSSR count). The van der Waals surface area contributed by atoms with Crippen molar-refractivity contribution in [2.24, 2.45) is 5.92 Å². The minimum Gasteiger partial charge on any atom is -0.321 e. The number of hydrogen-bond donors (Lipinski definition) is 1. The molecule has 3 nitrogen and oxygen atoms in total. The predicted molar refractivity (Wildman–Crippen MR) is 85.1 cm³/mol. The van der Waals surface area contributed by atoms with Crippen molar-refractivity contribution in [1.29, 1.82) is 0 Å². The standard InChI is InChI=1S/C17H23ClN2O/c1-3-17(2)16(21)20(11-12-6-4-7-12)15(19-17)13-8-5-9-14(18)10-13/h5,8-10,12,15,19H,3-4,6-7,11H2,1-2H3. The average molecular weight is 307 g/mol. The van der Waals surface area contributed by atoms with Crippen LogP contribution < -0.4 is 5.32 Å². The fourth-order valence-electron chi connectivity index (χ4n) is 3.21. The smallest absolute Gasteiger partial charge is 0.244 e. The molecule has 0 bridgehead atoms. The molecular formula is C17H23ClN2O. The summed E-state index contributed by atoms with van der Waals surface area (Å²) in [6, 6.07) is 7.83. The number of hydrogen-bond acceptors (Lipinski definition) is 2. The van der Waals surface area contributed by atoms with Crippen LogP contribution in [0.3, 0.4) is 0 Å². The number of rotatable bonds is 4. The Bertz CT molecular complexity index is 543. The molecule has 1 heterocycles. The van der Waals surface area contributed by atoms with Crippen LogP contribution in [-0.2, 0) is 4.79 Å². The van der Waals surface area contributed by atoms with Gasteiger partial charge in [0.05, 0.1) is 5.54 Å². The first-order valence-corrected chi connectivity index (χ1v) is 8.25. The van der Waals surface area contributed by atoms with Gasteiger partial charge in [0.2, 0.25) is 5.91 Å². The molecule has 0 spiro atoms. The number of nitrogens with one attached hydrogen (secondary N) is 1. The Morgan fingerprint density at radius 3 is 2.76 bits per heavy atom. The van der Waals surface area contributed by atoms with Crippen molar-refractivity contribution in [3.05, 3.63) is 34.9 Å². The first-order chi connectivity index (χ1) is 10.0. The van der Waals surface area contributed by atoms with Gasteiger partial charge in [-0.3, -0.25) is 10.1 Å². The van der Waals surface area contributed by atoms with Gasteiger partial charge in [-0.15, -0.1) is 0 Å². The molecule has 1 amide bonds. The highest BCUT2D eigenvalue weighted by atomic mass is 35.5. The van der Waals surface area contributed by atoms with Crippen LogP contribution >= 0.6 is 11.6 Å². The van der Waals surface area contributed by atoms with Crippen LogP contribution in [-0.4, -0.2) is 22.9 Å². The normalized spacial score (nSPS) is 29.8. The van der Waals surface area contributed by atoms with Gasteiger partial charge in [-0.25, -0.2) is 0 Å². The molecule has 2 aliphatic rings. The van der Waals surface area contributed by atoms with Crippen LogP contribution in [0.4, 0.5) is 0 Å². The maximum atomic E-state index is 12.8. The molecule has 1 aromatic rings. The monoisotopic (exact) mass is 306 g/mol. The third-order valence-electron chi connectivity index (χ3n) is 5.05. The van der Waals surface area contributed by atoms with E-state index < -0.39 is 5.54 Å². The molecule has 2 fully saturated rings. The van der Waals surface area contributed by atoms with Crippen molar-refractivity contribution in [3.63, 3.8) is 0 Å². The minimum atomic E-state index is -0.462. The lowest BCUT2D eigenvalue weighted by molar-refractivity contribution is -0.134. The second-order valence-electron chi connectivity index (χ2n) is 6.54. The molecular weight excluding hydrogens is 284 g/mol. The molecule has 1 aliphatic heterocycles. The highest BCUT2D eigenvalue weighted by Crippen LogP contribution is 2.37. The fraction of sp³-hybridized carbons (Fsp3) is 0.588. The molecule has 1 N–H and O–H groups in total. The molecule has 0 radical (unpaired) electrons. The van der Waals surface area contributed by atoms with Crippen LogP contribution in [0.1, 0.15) is 51.3 Å². The van der Waals surface area contributed by atoms with Crippen LogP contribution in [0.25, 0.3) is 0 Å². The summed E-state index contributed by atoms with van der Waals surface area (Å²) in [7, 11) is 0. The van der Waals surface area contributed by atoms with E-state index in [4.69, 9.17) is 11.6 Å². The zero-order valence-electron chi connectivity index (χ0n) is 12.7. The van der Waals surface area contributed by atoms with E-state index in [1.54, 1.807) is 0 Å². The van der Waals surface area contributed by atoms with Gasteiger partial charge in [0.1, 0.15) is 6.17 Å². The van der Waals surface area contributed by atoms with Gasteiger partial charge in [-0.05, 0) is 49.8 Å². The Morgan fingerprint density at radius 2 is 2.19 bits per heavy atom. The van der Waals surface area contributed by atoms with Crippen LogP contribution in [0.2, 0.25) is 5.02 Å². The van der Waals surface area contributed by atoms with E-state index in [0.29, 0.717) is 5.92 Å². The van der Waals surface area contributed by atoms with E-state index in [9.17, 15) is 4.79 Å². The Labute approximate surface area is 131 Å². The molecule has 1 saturated carbocycles. The lowest BCUT2D eigenvalue weighted by Gasteiger charge is -2.33. The van der Waals surface area contributed by atoms with Gasteiger partial charge in [0.25, 0.3) is 0 Å². The third-order valence-corrected chi connectivity index (χ3v) is 5.29. The Kier molecular flexibility index (Phi) is 3.98. The van der Waals surface area contributed by atoms with Crippen LogP contribution in [0.15, 0.2) is 24.3 Å². The van der Waals surface area contributed by atoms with Gasteiger partial charge in [-0.1, -0.05) is 37.1 Å². The van der Waals surface area contributed by atoms with Gasteiger partial charge in [0.15, 0.2) is 0 Å². The van der Waals surface area contributed by atoms with E-state index in [1.807, 2.05) is 36.1 Å². The predicted octanol–water partition coefficient (Wildman–Crippen LogP) is 3.74. The lowest BCUT2D eigenvalue weighted by atomic mass is 9.85. The maximum absolute atomic E-state index is 12.8. The summed E-state index contributed by atoms with van der Waals surface area (Å²) >= 11 is 6.13. The largest absolute Gasteiger partial charge is 0.321 e. The summed E-state index contributed by atoms with van der Waals surface area (Å²) in [6.07, 6.45) is 4.53. The molecule has 21 heavy (non-hydrogen) atoms. The van der Waals surface area contributed by atoms with Crippen molar-refractivity contribution in [2.45, 2.75) is 51.2 Å². The van der Waals surface area contributed by atoms with Crippen molar-refractivity contribution in [2.75, 3.05) is 6.54 Å². The lowest BCUT2D eigenvalue weighted by Crippen LogP contribution is -2.43. The zero-order chi connectivity index (χ0) is 15.0. The number of carbonyl (C=O) groups is 1. The average Bonchev–Trinajstić information content (AvgIpc) is 2.68. The first-order valence-electron chi connectivity index (χ1n) is 7.88. The van der Waals surface area contributed by atoms with Gasteiger partial charge in [0, 0.05) is 11.6 Å². The summed E-state index contributed by atoms with van der Waals surface area (Å²) < 4.78 is 0. The molecule has 0 aromatic heterocycles. The Hall–Kier alpha value is -1.06. The van der Waals surface area contributed by atoms with E-state index in [2.05, 4.69) is 12.2 Å². The van der Waals surface area contributed by atoms with Gasteiger partial charge >= 0.3 is 0 Å². The number of benzene rings is 1. The van der Waals surface area contributed by atoms with Crippen molar-refractivity contribution in [3.8, 4) is 0 Å². The number of halogens is 1. The van der Waals surface area contributed by atoms with Crippen molar-refractivity contribution < 1.29 is 4.79 Å².